The van der Waals surface area contributed by atoms with Gasteiger partial charge in [-0.15, -0.1) is 0 Å². The Kier molecular flexibility index (Phi) is 16.8. The highest BCUT2D eigenvalue weighted by molar-refractivity contribution is 6.64. The molecule has 0 bridgehead atoms. The summed E-state index contributed by atoms with van der Waals surface area (Å²) < 4.78 is 0. The Bertz CT molecular complexity index is 213. The van der Waals surface area contributed by atoms with Crippen molar-refractivity contribution in [3.8, 4) is 0 Å². The van der Waals surface area contributed by atoms with Crippen LogP contribution in [0.15, 0.2) is 0 Å². The van der Waals surface area contributed by atoms with Crippen LogP contribution in [0.1, 0.15) is 71.1 Å². The second-order valence-corrected chi connectivity index (χ2v) is 5.89. The zero-order chi connectivity index (χ0) is 14.9. The van der Waals surface area contributed by atoms with Crippen molar-refractivity contribution >= 4 is 16.8 Å². The van der Waals surface area contributed by atoms with Gasteiger partial charge in [-0.25, -0.2) is 0 Å². The largest absolute Gasteiger partial charge is 0.315 e. The van der Waals surface area contributed by atoms with Gasteiger partial charge < -0.3 is 10.6 Å². The van der Waals surface area contributed by atoms with E-state index in [0.717, 1.165) is 19.6 Å². The summed E-state index contributed by atoms with van der Waals surface area (Å²) in [7, 11) is 0. The van der Waals surface area contributed by atoms with E-state index in [9.17, 15) is 4.79 Å². The predicted molar refractivity (Wildman–Crippen MR) is 88.4 cm³/mol. The van der Waals surface area contributed by atoms with E-state index in [1.807, 2.05) is 0 Å². The first kappa shape index (κ1) is 19.9. The van der Waals surface area contributed by atoms with E-state index in [4.69, 9.17) is 11.6 Å². The summed E-state index contributed by atoms with van der Waals surface area (Å²) in [4.78, 5) is 10.5. The number of unbranched alkanes of at least 4 members (excludes halogenated alkanes) is 9. The van der Waals surface area contributed by atoms with Crippen molar-refractivity contribution < 1.29 is 4.79 Å². The van der Waals surface area contributed by atoms with Crippen molar-refractivity contribution in [2.75, 3.05) is 26.2 Å². The minimum absolute atomic E-state index is 0.265. The van der Waals surface area contributed by atoms with Crippen LogP contribution in [0.2, 0.25) is 0 Å². The van der Waals surface area contributed by atoms with Gasteiger partial charge in [-0.3, -0.25) is 4.79 Å². The highest BCUT2D eigenvalue weighted by atomic mass is 35.5. The topological polar surface area (TPSA) is 41.1 Å². The molecule has 0 saturated heterocycles. The lowest BCUT2D eigenvalue weighted by Crippen LogP contribution is -2.30. The molecule has 0 amide bonds. The van der Waals surface area contributed by atoms with Gasteiger partial charge in [-0.1, -0.05) is 64.7 Å². The number of nitrogens with one attached hydrogen (secondary N) is 2. The summed E-state index contributed by atoms with van der Waals surface area (Å²) in [6.45, 7) is 5.31. The van der Waals surface area contributed by atoms with Crippen molar-refractivity contribution in [3.05, 3.63) is 0 Å². The summed E-state index contributed by atoms with van der Waals surface area (Å²) in [6.07, 6.45) is 13.8. The Hall–Kier alpha value is -0.120. The average molecular weight is 305 g/mol. The molecule has 0 spiro atoms. The van der Waals surface area contributed by atoms with Crippen LogP contribution in [0.5, 0.6) is 0 Å². The van der Waals surface area contributed by atoms with E-state index in [1.54, 1.807) is 0 Å². The third-order valence-corrected chi connectivity index (χ3v) is 3.58. The van der Waals surface area contributed by atoms with Gasteiger partial charge in [-0.2, -0.15) is 0 Å². The molecule has 0 saturated carbocycles. The van der Waals surface area contributed by atoms with E-state index in [0.29, 0.717) is 0 Å². The summed E-state index contributed by atoms with van der Waals surface area (Å²) in [5, 5.41) is 6.03. The maximum absolute atomic E-state index is 10.5. The molecular weight excluding hydrogens is 272 g/mol. The lowest BCUT2D eigenvalue weighted by atomic mass is 10.1. The summed E-state index contributed by atoms with van der Waals surface area (Å²) in [5.74, 6) is 0. The molecule has 0 rings (SSSR count). The fourth-order valence-corrected chi connectivity index (χ4v) is 2.32. The molecule has 3 nitrogen and oxygen atoms in total. The molecule has 2 N–H and O–H groups in total. The van der Waals surface area contributed by atoms with Crippen LogP contribution < -0.4 is 10.6 Å². The first-order valence-corrected chi connectivity index (χ1v) is 8.75. The summed E-state index contributed by atoms with van der Waals surface area (Å²) >= 11 is 5.21. The minimum Gasteiger partial charge on any atom is -0.315 e. The molecule has 0 heterocycles. The fourth-order valence-electron chi connectivity index (χ4n) is 2.23. The van der Waals surface area contributed by atoms with Gasteiger partial charge in [0.05, 0.1) is 6.54 Å². The Labute approximate surface area is 130 Å². The second kappa shape index (κ2) is 16.9. The van der Waals surface area contributed by atoms with Crippen LogP contribution in [0.25, 0.3) is 0 Å². The molecule has 0 aliphatic carbocycles. The summed E-state index contributed by atoms with van der Waals surface area (Å²) in [5.41, 5.74) is 0. The van der Waals surface area contributed by atoms with E-state index < -0.39 is 0 Å². The van der Waals surface area contributed by atoms with Crippen molar-refractivity contribution in [2.45, 2.75) is 71.1 Å². The average Bonchev–Trinajstić information content (AvgIpc) is 2.43. The Morgan fingerprint density at radius 3 is 1.80 bits per heavy atom. The number of hydrogen-bond donors (Lipinski definition) is 2. The van der Waals surface area contributed by atoms with Crippen LogP contribution in [0, 0.1) is 0 Å². The first-order chi connectivity index (χ1) is 9.77. The van der Waals surface area contributed by atoms with Gasteiger partial charge >= 0.3 is 0 Å². The van der Waals surface area contributed by atoms with Crippen molar-refractivity contribution in [3.63, 3.8) is 0 Å². The Morgan fingerprint density at radius 1 is 0.750 bits per heavy atom. The van der Waals surface area contributed by atoms with Gasteiger partial charge in [0, 0.05) is 13.1 Å². The monoisotopic (exact) mass is 304 g/mol. The quantitative estimate of drug-likeness (QED) is 0.336. The van der Waals surface area contributed by atoms with E-state index in [-0.39, 0.29) is 11.8 Å². The molecule has 0 atom stereocenters. The third-order valence-electron chi connectivity index (χ3n) is 3.45. The van der Waals surface area contributed by atoms with Gasteiger partial charge in [0.25, 0.3) is 0 Å². The van der Waals surface area contributed by atoms with E-state index in [2.05, 4.69) is 17.6 Å². The number of carbonyl (C=O) groups excluding carboxylic acids is 1. The molecular formula is C16H33ClN2O. The van der Waals surface area contributed by atoms with E-state index >= 15 is 0 Å². The molecule has 0 aromatic rings. The first-order valence-electron chi connectivity index (χ1n) is 8.37. The molecule has 0 radical (unpaired) electrons. The maximum atomic E-state index is 10.5. The molecule has 0 aromatic heterocycles. The lowest BCUT2D eigenvalue weighted by Gasteiger charge is -2.05. The maximum Gasteiger partial charge on any atom is 0.235 e. The predicted octanol–water partition coefficient (Wildman–Crippen LogP) is 3.85. The van der Waals surface area contributed by atoms with Crippen LogP contribution in [0.3, 0.4) is 0 Å². The van der Waals surface area contributed by atoms with Crippen LogP contribution >= 0.6 is 11.6 Å². The number of carbonyl (C=O) groups is 1. The molecule has 4 heteroatoms. The molecule has 0 aromatic carbocycles. The summed E-state index contributed by atoms with van der Waals surface area (Å²) in [6, 6.07) is 0. The van der Waals surface area contributed by atoms with Crippen molar-refractivity contribution in [2.24, 2.45) is 0 Å². The van der Waals surface area contributed by atoms with E-state index in [1.165, 1.54) is 64.2 Å². The number of halogens is 1. The minimum atomic E-state index is -0.320. The lowest BCUT2D eigenvalue weighted by molar-refractivity contribution is -0.110. The highest BCUT2D eigenvalue weighted by Crippen LogP contribution is 2.10. The zero-order valence-electron chi connectivity index (χ0n) is 13.2. The smallest absolute Gasteiger partial charge is 0.235 e. The van der Waals surface area contributed by atoms with Gasteiger partial charge in [0.15, 0.2) is 0 Å². The van der Waals surface area contributed by atoms with Gasteiger partial charge in [0.1, 0.15) is 0 Å². The number of hydrogen-bond acceptors (Lipinski definition) is 3. The molecule has 0 aliphatic heterocycles. The molecule has 0 unspecified atom stereocenters. The zero-order valence-corrected chi connectivity index (χ0v) is 13.9. The SMILES string of the molecule is CCCCCCCCCCCCNCCNCC(=O)Cl. The van der Waals surface area contributed by atoms with Gasteiger partial charge in [-0.05, 0) is 24.6 Å². The Balaban J connectivity index is 2.94. The van der Waals surface area contributed by atoms with Crippen LogP contribution in [0.4, 0.5) is 0 Å². The highest BCUT2D eigenvalue weighted by Gasteiger charge is 1.94. The third kappa shape index (κ3) is 17.9. The van der Waals surface area contributed by atoms with Crippen molar-refractivity contribution in [1.29, 1.82) is 0 Å². The molecule has 120 valence electrons. The van der Waals surface area contributed by atoms with Crippen LogP contribution in [-0.4, -0.2) is 31.4 Å². The molecule has 20 heavy (non-hydrogen) atoms. The second-order valence-electron chi connectivity index (χ2n) is 5.46. The fraction of sp³-hybridized carbons (Fsp3) is 0.938. The van der Waals surface area contributed by atoms with Crippen LogP contribution in [-0.2, 0) is 4.79 Å². The molecule has 0 fully saturated rings. The van der Waals surface area contributed by atoms with Crippen molar-refractivity contribution in [1.82, 2.24) is 10.6 Å². The normalized spacial score (nSPS) is 10.9. The molecule has 0 aliphatic rings. The standard InChI is InChI=1S/C16H33ClN2O/c1-2-3-4-5-6-7-8-9-10-11-12-18-13-14-19-15-16(17)20/h18-19H,2-15H2,1H3. The van der Waals surface area contributed by atoms with Gasteiger partial charge in [0.2, 0.25) is 5.24 Å². The number of rotatable bonds is 16. The Morgan fingerprint density at radius 2 is 1.25 bits per heavy atom.